The molecule has 17 heavy (non-hydrogen) atoms. The molecule has 0 spiro atoms. The lowest BCUT2D eigenvalue weighted by Gasteiger charge is -2.23. The fourth-order valence-electron chi connectivity index (χ4n) is 1.97. The number of methoxy groups -OCH3 is 1. The number of hydrogen-bond acceptors (Lipinski definition) is 3. The van der Waals surface area contributed by atoms with E-state index in [0.717, 1.165) is 26.0 Å². The molecule has 0 aliphatic carbocycles. The highest BCUT2D eigenvalue weighted by atomic mass is 16.5. The van der Waals surface area contributed by atoms with Crippen molar-refractivity contribution in [3.8, 4) is 0 Å². The van der Waals surface area contributed by atoms with Crippen molar-refractivity contribution in [2.75, 3.05) is 32.2 Å². The van der Waals surface area contributed by atoms with Crippen LogP contribution in [0.4, 0.5) is 5.69 Å². The van der Waals surface area contributed by atoms with E-state index in [1.807, 2.05) is 6.92 Å². The quantitative estimate of drug-likeness (QED) is 0.736. The Balaban J connectivity index is 2.67. The molecule has 0 saturated heterocycles. The summed E-state index contributed by atoms with van der Waals surface area (Å²) in [7, 11) is 3.86. The van der Waals surface area contributed by atoms with Crippen molar-refractivity contribution in [3.05, 3.63) is 29.8 Å². The zero-order valence-corrected chi connectivity index (χ0v) is 11.1. The Morgan fingerprint density at radius 3 is 2.71 bits per heavy atom. The molecule has 0 radical (unpaired) electrons. The van der Waals surface area contributed by atoms with Crippen molar-refractivity contribution >= 4 is 5.69 Å². The maximum absolute atomic E-state index is 5.88. The van der Waals surface area contributed by atoms with Gasteiger partial charge < -0.3 is 15.4 Å². The number of ether oxygens (including phenoxy) is 1. The van der Waals surface area contributed by atoms with Crippen LogP contribution in [0.25, 0.3) is 0 Å². The summed E-state index contributed by atoms with van der Waals surface area (Å²) in [5.74, 6) is 0. The Hall–Kier alpha value is -1.06. The first-order chi connectivity index (χ1) is 8.15. The van der Waals surface area contributed by atoms with Crippen LogP contribution in [0.1, 0.15) is 18.9 Å². The van der Waals surface area contributed by atoms with E-state index in [2.05, 4.69) is 36.2 Å². The summed E-state index contributed by atoms with van der Waals surface area (Å²) in [6.45, 7) is 3.85. The average molecular weight is 236 g/mol. The van der Waals surface area contributed by atoms with Gasteiger partial charge in [-0.3, -0.25) is 0 Å². The number of rotatable bonds is 7. The van der Waals surface area contributed by atoms with Crippen molar-refractivity contribution in [3.63, 3.8) is 0 Å². The minimum atomic E-state index is 0.198. The number of anilines is 1. The van der Waals surface area contributed by atoms with Crippen LogP contribution in [-0.2, 0) is 11.2 Å². The van der Waals surface area contributed by atoms with Crippen molar-refractivity contribution in [2.45, 2.75) is 25.8 Å². The molecule has 0 bridgehead atoms. The lowest BCUT2D eigenvalue weighted by atomic mass is 10.0. The van der Waals surface area contributed by atoms with Gasteiger partial charge in [0.1, 0.15) is 0 Å². The lowest BCUT2D eigenvalue weighted by molar-refractivity contribution is 0.196. The molecular weight excluding hydrogens is 212 g/mol. The molecule has 0 amide bonds. The van der Waals surface area contributed by atoms with Crippen molar-refractivity contribution in [2.24, 2.45) is 5.73 Å². The Kier molecular flexibility index (Phi) is 6.01. The summed E-state index contributed by atoms with van der Waals surface area (Å²) in [4.78, 5) is 2.27. The summed E-state index contributed by atoms with van der Waals surface area (Å²) in [5.41, 5.74) is 8.48. The highest BCUT2D eigenvalue weighted by Gasteiger charge is 2.08. The Bertz CT molecular complexity index is 326. The van der Waals surface area contributed by atoms with E-state index >= 15 is 0 Å². The van der Waals surface area contributed by atoms with Crippen molar-refractivity contribution in [1.82, 2.24) is 0 Å². The van der Waals surface area contributed by atoms with Crippen LogP contribution in [0.3, 0.4) is 0 Å². The van der Waals surface area contributed by atoms with Crippen LogP contribution in [0.15, 0.2) is 24.3 Å². The predicted octanol–water partition coefficient (Wildman–Crippen LogP) is 2.05. The molecule has 1 unspecified atom stereocenters. The summed E-state index contributed by atoms with van der Waals surface area (Å²) >= 11 is 0. The molecule has 1 rings (SSSR count). The van der Waals surface area contributed by atoms with Crippen LogP contribution < -0.4 is 10.6 Å². The fraction of sp³-hybridized carbons (Fsp3) is 0.571. The normalized spacial score (nSPS) is 12.5. The zero-order chi connectivity index (χ0) is 12.7. The first-order valence-electron chi connectivity index (χ1n) is 6.18. The van der Waals surface area contributed by atoms with Gasteiger partial charge in [0.15, 0.2) is 0 Å². The number of hydrogen-bond donors (Lipinski definition) is 1. The van der Waals surface area contributed by atoms with Crippen molar-refractivity contribution < 1.29 is 4.74 Å². The van der Waals surface area contributed by atoms with Gasteiger partial charge in [-0.2, -0.15) is 0 Å². The SMILES string of the molecule is COCCCN(C)c1ccccc1CC(C)N. The number of nitrogens with two attached hydrogens (primary N) is 1. The van der Waals surface area contributed by atoms with Gasteiger partial charge in [-0.05, 0) is 31.4 Å². The van der Waals surface area contributed by atoms with E-state index in [0.29, 0.717) is 0 Å². The van der Waals surface area contributed by atoms with Gasteiger partial charge in [-0.1, -0.05) is 18.2 Å². The number of para-hydroxylation sites is 1. The molecule has 3 heteroatoms. The molecule has 1 aromatic rings. The van der Waals surface area contributed by atoms with Crippen LogP contribution in [-0.4, -0.2) is 33.4 Å². The fourth-order valence-corrected chi connectivity index (χ4v) is 1.97. The van der Waals surface area contributed by atoms with Gasteiger partial charge in [0.05, 0.1) is 0 Å². The molecular formula is C14H24N2O. The first kappa shape index (κ1) is 14.0. The molecule has 96 valence electrons. The number of benzene rings is 1. The Morgan fingerprint density at radius 2 is 2.06 bits per heavy atom. The maximum Gasteiger partial charge on any atom is 0.0479 e. The summed E-state index contributed by atoms with van der Waals surface area (Å²) in [6, 6.07) is 8.66. The predicted molar refractivity (Wildman–Crippen MR) is 73.6 cm³/mol. The zero-order valence-electron chi connectivity index (χ0n) is 11.1. The topological polar surface area (TPSA) is 38.5 Å². The van der Waals surface area contributed by atoms with E-state index in [1.54, 1.807) is 7.11 Å². The van der Waals surface area contributed by atoms with Gasteiger partial charge in [0.25, 0.3) is 0 Å². The third kappa shape index (κ3) is 4.75. The smallest absolute Gasteiger partial charge is 0.0479 e. The maximum atomic E-state index is 5.88. The van der Waals surface area contributed by atoms with Gasteiger partial charge in [0.2, 0.25) is 0 Å². The highest BCUT2D eigenvalue weighted by Crippen LogP contribution is 2.20. The molecule has 0 aliphatic rings. The molecule has 1 aromatic carbocycles. The van der Waals surface area contributed by atoms with Crippen molar-refractivity contribution in [1.29, 1.82) is 0 Å². The Labute approximate surface area is 105 Å². The second kappa shape index (κ2) is 7.30. The average Bonchev–Trinajstić information content (AvgIpc) is 2.29. The number of nitrogens with zero attached hydrogens (tertiary/aromatic N) is 1. The van der Waals surface area contributed by atoms with Crippen LogP contribution in [0.2, 0.25) is 0 Å². The monoisotopic (exact) mass is 236 g/mol. The molecule has 2 N–H and O–H groups in total. The van der Waals surface area contributed by atoms with Gasteiger partial charge in [0, 0.05) is 39.0 Å². The van der Waals surface area contributed by atoms with E-state index < -0.39 is 0 Å². The van der Waals surface area contributed by atoms with Gasteiger partial charge in [-0.15, -0.1) is 0 Å². The third-order valence-corrected chi connectivity index (χ3v) is 2.79. The van der Waals surface area contributed by atoms with E-state index in [1.165, 1.54) is 11.3 Å². The van der Waals surface area contributed by atoms with E-state index in [9.17, 15) is 0 Å². The molecule has 0 aliphatic heterocycles. The standard InChI is InChI=1S/C14H24N2O/c1-12(15)11-13-7-4-5-8-14(13)16(2)9-6-10-17-3/h4-5,7-8,12H,6,9-11,15H2,1-3H3. The lowest BCUT2D eigenvalue weighted by Crippen LogP contribution is -2.24. The summed E-state index contributed by atoms with van der Waals surface area (Å²) in [6.07, 6.45) is 1.96. The molecule has 0 fully saturated rings. The molecule has 0 heterocycles. The second-order valence-corrected chi connectivity index (χ2v) is 4.58. The minimum Gasteiger partial charge on any atom is -0.385 e. The van der Waals surface area contributed by atoms with Gasteiger partial charge >= 0.3 is 0 Å². The van der Waals surface area contributed by atoms with Crippen LogP contribution >= 0.6 is 0 Å². The van der Waals surface area contributed by atoms with E-state index in [4.69, 9.17) is 10.5 Å². The summed E-state index contributed by atoms with van der Waals surface area (Å²) < 4.78 is 5.08. The second-order valence-electron chi connectivity index (χ2n) is 4.58. The molecule has 0 saturated carbocycles. The largest absolute Gasteiger partial charge is 0.385 e. The van der Waals surface area contributed by atoms with Crippen LogP contribution in [0, 0.1) is 0 Å². The Morgan fingerprint density at radius 1 is 1.35 bits per heavy atom. The van der Waals surface area contributed by atoms with E-state index in [-0.39, 0.29) is 6.04 Å². The van der Waals surface area contributed by atoms with Gasteiger partial charge in [-0.25, -0.2) is 0 Å². The molecule has 0 aromatic heterocycles. The minimum absolute atomic E-state index is 0.198. The first-order valence-corrected chi connectivity index (χ1v) is 6.18. The molecule has 3 nitrogen and oxygen atoms in total. The molecule has 1 atom stereocenters. The van der Waals surface area contributed by atoms with Crippen LogP contribution in [0.5, 0.6) is 0 Å². The highest BCUT2D eigenvalue weighted by molar-refractivity contribution is 5.53. The third-order valence-electron chi connectivity index (χ3n) is 2.79. The summed E-state index contributed by atoms with van der Waals surface area (Å²) in [5, 5.41) is 0.